The van der Waals surface area contributed by atoms with Gasteiger partial charge in [-0.2, -0.15) is 0 Å². The van der Waals surface area contributed by atoms with E-state index in [1.165, 1.54) is 12.5 Å². The van der Waals surface area contributed by atoms with Gasteiger partial charge in [0.05, 0.1) is 6.33 Å². The van der Waals surface area contributed by atoms with E-state index in [-0.39, 0.29) is 11.6 Å². The average Bonchev–Trinajstić information content (AvgIpc) is 2.50. The first-order valence-corrected chi connectivity index (χ1v) is 3.48. The van der Waals surface area contributed by atoms with Crippen LogP contribution in [-0.2, 0) is 11.2 Å². The zero-order valence-electron chi connectivity index (χ0n) is 6.58. The zero-order valence-corrected chi connectivity index (χ0v) is 6.58. The molecule has 7 heteroatoms. The SMILES string of the molecule is O=C(O)[C@H](Cc1cnc[nH]1)N(O)O. The first-order valence-electron chi connectivity index (χ1n) is 3.48. The van der Waals surface area contributed by atoms with Crippen LogP contribution < -0.4 is 0 Å². The average molecular weight is 187 g/mol. The maximum atomic E-state index is 10.5. The third kappa shape index (κ3) is 2.51. The van der Waals surface area contributed by atoms with E-state index < -0.39 is 12.0 Å². The van der Waals surface area contributed by atoms with Gasteiger partial charge in [-0.1, -0.05) is 5.23 Å². The first kappa shape index (κ1) is 9.65. The van der Waals surface area contributed by atoms with Gasteiger partial charge in [-0.05, 0) is 0 Å². The number of carboxylic acids is 1. The molecular weight excluding hydrogens is 178 g/mol. The van der Waals surface area contributed by atoms with Gasteiger partial charge in [-0.25, -0.2) is 4.98 Å². The Morgan fingerprint density at radius 1 is 1.69 bits per heavy atom. The van der Waals surface area contributed by atoms with Crippen LogP contribution in [0.2, 0.25) is 0 Å². The fourth-order valence-corrected chi connectivity index (χ4v) is 0.872. The van der Waals surface area contributed by atoms with Crippen molar-refractivity contribution in [3.8, 4) is 0 Å². The number of rotatable bonds is 4. The Morgan fingerprint density at radius 3 is 2.77 bits per heavy atom. The van der Waals surface area contributed by atoms with Crippen LogP contribution in [0.1, 0.15) is 5.69 Å². The van der Waals surface area contributed by atoms with E-state index in [9.17, 15) is 4.79 Å². The quantitative estimate of drug-likeness (QED) is 0.472. The number of carbonyl (C=O) groups is 1. The van der Waals surface area contributed by atoms with Crippen molar-refractivity contribution in [2.75, 3.05) is 0 Å². The third-order valence-corrected chi connectivity index (χ3v) is 1.53. The summed E-state index contributed by atoms with van der Waals surface area (Å²) in [5.41, 5.74) is 0.514. The fourth-order valence-electron chi connectivity index (χ4n) is 0.872. The topological polar surface area (TPSA) is 110 Å². The van der Waals surface area contributed by atoms with Crippen molar-refractivity contribution in [3.05, 3.63) is 18.2 Å². The fraction of sp³-hybridized carbons (Fsp3) is 0.333. The molecule has 0 radical (unpaired) electrons. The molecule has 0 aromatic carbocycles. The molecule has 72 valence electrons. The van der Waals surface area contributed by atoms with Crippen molar-refractivity contribution in [1.29, 1.82) is 0 Å². The molecular formula is C6H9N3O4. The molecule has 0 saturated carbocycles. The summed E-state index contributed by atoms with van der Waals surface area (Å²) in [4.78, 5) is 16.8. The summed E-state index contributed by atoms with van der Waals surface area (Å²) in [6, 6.07) is -1.39. The molecule has 1 atom stereocenters. The lowest BCUT2D eigenvalue weighted by molar-refractivity contribution is -0.327. The zero-order chi connectivity index (χ0) is 9.84. The summed E-state index contributed by atoms with van der Waals surface area (Å²) in [6.45, 7) is 0. The second kappa shape index (κ2) is 3.99. The Balaban J connectivity index is 2.63. The van der Waals surface area contributed by atoms with Gasteiger partial charge in [-0.3, -0.25) is 15.2 Å². The molecule has 4 N–H and O–H groups in total. The summed E-state index contributed by atoms with van der Waals surface area (Å²) in [5.74, 6) is -1.32. The second-order valence-corrected chi connectivity index (χ2v) is 2.46. The molecule has 1 heterocycles. The van der Waals surface area contributed by atoms with E-state index in [0.29, 0.717) is 5.69 Å². The van der Waals surface area contributed by atoms with Gasteiger partial charge < -0.3 is 10.1 Å². The molecule has 0 amide bonds. The monoisotopic (exact) mass is 187 g/mol. The number of hydrogen-bond acceptors (Lipinski definition) is 5. The van der Waals surface area contributed by atoms with E-state index in [1.54, 1.807) is 0 Å². The second-order valence-electron chi connectivity index (χ2n) is 2.46. The van der Waals surface area contributed by atoms with E-state index in [4.69, 9.17) is 15.5 Å². The molecule has 0 spiro atoms. The summed E-state index contributed by atoms with van der Waals surface area (Å²) in [7, 11) is 0. The lowest BCUT2D eigenvalue weighted by Gasteiger charge is -2.14. The Bertz CT molecular complexity index is 271. The Morgan fingerprint density at radius 2 is 2.38 bits per heavy atom. The van der Waals surface area contributed by atoms with Crippen LogP contribution in [0.4, 0.5) is 0 Å². The normalized spacial score (nSPS) is 13.2. The minimum Gasteiger partial charge on any atom is -0.480 e. The van der Waals surface area contributed by atoms with Crippen LogP contribution in [0, 0.1) is 0 Å². The summed E-state index contributed by atoms with van der Waals surface area (Å²) in [6.07, 6.45) is 2.75. The van der Waals surface area contributed by atoms with Crippen LogP contribution >= 0.6 is 0 Å². The summed E-state index contributed by atoms with van der Waals surface area (Å²) < 4.78 is 0. The van der Waals surface area contributed by atoms with Crippen molar-refractivity contribution in [2.24, 2.45) is 0 Å². The molecule has 13 heavy (non-hydrogen) atoms. The molecule has 0 aliphatic carbocycles. The molecule has 1 aromatic rings. The molecule has 0 fully saturated rings. The molecule has 0 bridgehead atoms. The van der Waals surface area contributed by atoms with Crippen molar-refractivity contribution in [2.45, 2.75) is 12.5 Å². The van der Waals surface area contributed by atoms with Gasteiger partial charge >= 0.3 is 5.97 Å². The van der Waals surface area contributed by atoms with Crippen LogP contribution in [0.15, 0.2) is 12.5 Å². The number of imidazole rings is 1. The van der Waals surface area contributed by atoms with Gasteiger partial charge in [0.1, 0.15) is 0 Å². The molecule has 0 aliphatic heterocycles. The van der Waals surface area contributed by atoms with Crippen molar-refractivity contribution >= 4 is 5.97 Å². The van der Waals surface area contributed by atoms with Crippen molar-refractivity contribution in [1.82, 2.24) is 15.2 Å². The number of hydrogen-bond donors (Lipinski definition) is 4. The van der Waals surface area contributed by atoms with E-state index in [2.05, 4.69) is 9.97 Å². The van der Waals surface area contributed by atoms with Crippen molar-refractivity contribution < 1.29 is 20.3 Å². The van der Waals surface area contributed by atoms with Crippen LogP contribution in [-0.4, -0.2) is 42.7 Å². The van der Waals surface area contributed by atoms with Crippen LogP contribution in [0.3, 0.4) is 0 Å². The van der Waals surface area contributed by atoms with Crippen LogP contribution in [0.5, 0.6) is 0 Å². The molecule has 0 unspecified atom stereocenters. The van der Waals surface area contributed by atoms with Gasteiger partial charge in [-0.15, -0.1) is 0 Å². The Labute approximate surface area is 73.2 Å². The number of nitrogens with zero attached hydrogens (tertiary/aromatic N) is 2. The lowest BCUT2D eigenvalue weighted by Crippen LogP contribution is -2.38. The Hall–Kier alpha value is -1.44. The van der Waals surface area contributed by atoms with Gasteiger partial charge in [0.25, 0.3) is 0 Å². The third-order valence-electron chi connectivity index (χ3n) is 1.53. The van der Waals surface area contributed by atoms with Gasteiger partial charge in [0, 0.05) is 18.3 Å². The molecule has 0 aliphatic rings. The Kier molecular flexibility index (Phi) is 2.96. The van der Waals surface area contributed by atoms with E-state index in [0.717, 1.165) is 0 Å². The predicted octanol–water partition coefficient (Wildman–Crippen LogP) is -0.514. The summed E-state index contributed by atoms with van der Waals surface area (Å²) in [5, 5.41) is 25.3. The lowest BCUT2D eigenvalue weighted by atomic mass is 10.2. The number of aromatic nitrogens is 2. The number of hydroxylamine groups is 2. The highest BCUT2D eigenvalue weighted by Gasteiger charge is 2.24. The largest absolute Gasteiger partial charge is 0.480 e. The molecule has 0 saturated heterocycles. The summed E-state index contributed by atoms with van der Waals surface area (Å²) >= 11 is 0. The van der Waals surface area contributed by atoms with Crippen molar-refractivity contribution in [3.63, 3.8) is 0 Å². The number of carboxylic acid groups (broad SMARTS) is 1. The number of aliphatic carboxylic acids is 1. The minimum absolute atomic E-state index is 0.0532. The molecule has 7 nitrogen and oxygen atoms in total. The maximum absolute atomic E-state index is 10.5. The minimum atomic E-state index is -1.39. The van der Waals surface area contributed by atoms with Gasteiger partial charge in [0.15, 0.2) is 6.04 Å². The predicted molar refractivity (Wildman–Crippen MR) is 39.1 cm³/mol. The molecule has 1 aromatic heterocycles. The number of H-pyrrole nitrogens is 1. The highest BCUT2D eigenvalue weighted by molar-refractivity contribution is 5.73. The standard InChI is InChI=1S/C6H9N3O4/c10-6(11)5(9(12)13)1-4-2-7-3-8-4/h2-3,5,12-13H,1H2,(H,7,8)(H,10,11)/t5-/m0/s1. The van der Waals surface area contributed by atoms with E-state index in [1.807, 2.05) is 0 Å². The highest BCUT2D eigenvalue weighted by atomic mass is 16.8. The van der Waals surface area contributed by atoms with E-state index >= 15 is 0 Å². The number of nitrogens with one attached hydrogen (secondary N) is 1. The number of aromatic amines is 1. The molecule has 1 rings (SSSR count). The maximum Gasteiger partial charge on any atom is 0.326 e. The van der Waals surface area contributed by atoms with Gasteiger partial charge in [0.2, 0.25) is 0 Å². The highest BCUT2D eigenvalue weighted by Crippen LogP contribution is 2.02. The smallest absolute Gasteiger partial charge is 0.326 e. The first-order chi connectivity index (χ1) is 6.11. The van der Waals surface area contributed by atoms with Crippen LogP contribution in [0.25, 0.3) is 0 Å².